The first-order valence-corrected chi connectivity index (χ1v) is 7.42. The van der Waals surface area contributed by atoms with Gasteiger partial charge in [0.1, 0.15) is 0 Å². The van der Waals surface area contributed by atoms with Gasteiger partial charge in [-0.1, -0.05) is 36.4 Å². The number of carbonyl (C=O) groups excluding carboxylic acids is 1. The Bertz CT molecular complexity index is 880. The first-order valence-electron chi connectivity index (χ1n) is 7.42. The molecule has 0 bridgehead atoms. The fourth-order valence-electron chi connectivity index (χ4n) is 3.19. The Balaban J connectivity index is 1.80. The van der Waals surface area contributed by atoms with E-state index in [4.69, 9.17) is 5.73 Å². The lowest BCUT2D eigenvalue weighted by molar-refractivity contribution is 0.0991. The average molecular weight is 288 g/mol. The van der Waals surface area contributed by atoms with Crippen molar-refractivity contribution in [1.82, 2.24) is 0 Å². The third kappa shape index (κ3) is 1.94. The van der Waals surface area contributed by atoms with E-state index in [1.54, 1.807) is 0 Å². The Morgan fingerprint density at radius 1 is 1.00 bits per heavy atom. The van der Waals surface area contributed by atoms with Crippen LogP contribution in [0.5, 0.6) is 0 Å². The highest BCUT2D eigenvalue weighted by molar-refractivity contribution is 6.14. The van der Waals surface area contributed by atoms with Crippen molar-refractivity contribution in [2.45, 2.75) is 6.42 Å². The molecule has 0 saturated carbocycles. The van der Waals surface area contributed by atoms with E-state index in [0.717, 1.165) is 39.7 Å². The second-order valence-electron chi connectivity index (χ2n) is 5.62. The molecule has 0 aromatic heterocycles. The minimum Gasteiger partial charge on any atom is -0.399 e. The van der Waals surface area contributed by atoms with Crippen molar-refractivity contribution < 1.29 is 4.79 Å². The highest BCUT2D eigenvalue weighted by atomic mass is 16.2. The number of nitrogens with two attached hydrogens (primary N) is 1. The zero-order valence-corrected chi connectivity index (χ0v) is 12.1. The van der Waals surface area contributed by atoms with Gasteiger partial charge in [-0.05, 0) is 47.0 Å². The SMILES string of the molecule is Nc1ccc2c(c1)CCN2C(=O)c1cccc2ccccc12. The summed E-state index contributed by atoms with van der Waals surface area (Å²) < 4.78 is 0. The van der Waals surface area contributed by atoms with Crippen LogP contribution in [-0.4, -0.2) is 12.5 Å². The number of fused-ring (bicyclic) bond motifs is 2. The molecule has 108 valence electrons. The first-order chi connectivity index (χ1) is 10.7. The third-order valence-electron chi connectivity index (χ3n) is 4.26. The van der Waals surface area contributed by atoms with E-state index in [9.17, 15) is 4.79 Å². The van der Waals surface area contributed by atoms with E-state index >= 15 is 0 Å². The van der Waals surface area contributed by atoms with Crippen LogP contribution >= 0.6 is 0 Å². The number of anilines is 2. The van der Waals surface area contributed by atoms with Gasteiger partial charge in [0, 0.05) is 23.5 Å². The van der Waals surface area contributed by atoms with Gasteiger partial charge in [-0.3, -0.25) is 4.79 Å². The van der Waals surface area contributed by atoms with Crippen molar-refractivity contribution in [2.75, 3.05) is 17.2 Å². The lowest BCUT2D eigenvalue weighted by Gasteiger charge is -2.18. The van der Waals surface area contributed by atoms with Gasteiger partial charge in [-0.15, -0.1) is 0 Å². The number of hydrogen-bond acceptors (Lipinski definition) is 2. The molecule has 4 rings (SSSR count). The molecule has 0 atom stereocenters. The molecule has 3 aromatic carbocycles. The van der Waals surface area contributed by atoms with Gasteiger partial charge in [0.15, 0.2) is 0 Å². The van der Waals surface area contributed by atoms with Crippen LogP contribution in [0.2, 0.25) is 0 Å². The Morgan fingerprint density at radius 3 is 2.73 bits per heavy atom. The Labute approximate surface area is 129 Å². The first kappa shape index (κ1) is 12.9. The van der Waals surface area contributed by atoms with E-state index < -0.39 is 0 Å². The molecule has 0 spiro atoms. The number of rotatable bonds is 1. The second kappa shape index (κ2) is 4.88. The van der Waals surface area contributed by atoms with Crippen molar-refractivity contribution in [2.24, 2.45) is 0 Å². The van der Waals surface area contributed by atoms with Crippen LogP contribution in [0.1, 0.15) is 15.9 Å². The van der Waals surface area contributed by atoms with Gasteiger partial charge in [0.2, 0.25) is 0 Å². The van der Waals surface area contributed by atoms with E-state index in [1.807, 2.05) is 65.6 Å². The topological polar surface area (TPSA) is 46.3 Å². The highest BCUT2D eigenvalue weighted by Gasteiger charge is 2.26. The third-order valence-corrected chi connectivity index (χ3v) is 4.26. The standard InChI is InChI=1S/C19H16N2O/c20-15-8-9-18-14(12-15)10-11-21(18)19(22)17-7-3-5-13-4-1-2-6-16(13)17/h1-9,12H,10-11,20H2. The molecule has 1 heterocycles. The Hall–Kier alpha value is -2.81. The smallest absolute Gasteiger partial charge is 0.258 e. The molecule has 1 aliphatic rings. The van der Waals surface area contributed by atoms with Crippen LogP contribution in [0.4, 0.5) is 11.4 Å². The number of amides is 1. The summed E-state index contributed by atoms with van der Waals surface area (Å²) in [6.45, 7) is 0.709. The van der Waals surface area contributed by atoms with Gasteiger partial charge >= 0.3 is 0 Å². The van der Waals surface area contributed by atoms with Crippen LogP contribution in [-0.2, 0) is 6.42 Å². The van der Waals surface area contributed by atoms with Gasteiger partial charge in [0.05, 0.1) is 0 Å². The second-order valence-corrected chi connectivity index (χ2v) is 5.62. The maximum Gasteiger partial charge on any atom is 0.258 e. The van der Waals surface area contributed by atoms with Crippen LogP contribution in [0.3, 0.4) is 0 Å². The predicted molar refractivity (Wildman–Crippen MR) is 90.2 cm³/mol. The zero-order valence-electron chi connectivity index (χ0n) is 12.1. The summed E-state index contributed by atoms with van der Waals surface area (Å²) in [6.07, 6.45) is 0.858. The maximum atomic E-state index is 13.0. The molecule has 22 heavy (non-hydrogen) atoms. The molecule has 2 N–H and O–H groups in total. The molecule has 0 fully saturated rings. The molecule has 3 aromatic rings. The quantitative estimate of drug-likeness (QED) is 0.695. The molecular formula is C19H16N2O. The van der Waals surface area contributed by atoms with Gasteiger partial charge in [-0.25, -0.2) is 0 Å². The van der Waals surface area contributed by atoms with E-state index in [0.29, 0.717) is 6.54 Å². The molecule has 1 aliphatic heterocycles. The molecular weight excluding hydrogens is 272 g/mol. The monoisotopic (exact) mass is 288 g/mol. The number of carbonyl (C=O) groups is 1. The van der Waals surface area contributed by atoms with Crippen molar-refractivity contribution in [3.8, 4) is 0 Å². The summed E-state index contributed by atoms with van der Waals surface area (Å²) in [5.74, 6) is 0.0559. The fourth-order valence-corrected chi connectivity index (χ4v) is 3.19. The lowest BCUT2D eigenvalue weighted by Crippen LogP contribution is -2.29. The molecule has 0 aliphatic carbocycles. The minimum atomic E-state index is 0.0559. The van der Waals surface area contributed by atoms with Crippen molar-refractivity contribution in [3.05, 3.63) is 71.8 Å². The van der Waals surface area contributed by atoms with Crippen molar-refractivity contribution in [3.63, 3.8) is 0 Å². The highest BCUT2D eigenvalue weighted by Crippen LogP contribution is 2.32. The summed E-state index contributed by atoms with van der Waals surface area (Å²) in [4.78, 5) is 14.9. The molecule has 3 heteroatoms. The van der Waals surface area contributed by atoms with E-state index in [1.165, 1.54) is 0 Å². The van der Waals surface area contributed by atoms with Gasteiger partial charge in [0.25, 0.3) is 5.91 Å². The number of hydrogen-bond donors (Lipinski definition) is 1. The predicted octanol–water partition coefficient (Wildman–Crippen LogP) is 3.62. The molecule has 0 saturated heterocycles. The van der Waals surface area contributed by atoms with Gasteiger partial charge < -0.3 is 10.6 Å². The normalized spacial score (nSPS) is 13.4. The van der Waals surface area contributed by atoms with Crippen LogP contribution in [0, 0.1) is 0 Å². The van der Waals surface area contributed by atoms with Gasteiger partial charge in [-0.2, -0.15) is 0 Å². The molecule has 0 unspecified atom stereocenters. The molecule has 0 radical (unpaired) electrons. The molecule has 1 amide bonds. The number of benzene rings is 3. The summed E-state index contributed by atoms with van der Waals surface area (Å²) in [5, 5.41) is 2.09. The van der Waals surface area contributed by atoms with Crippen LogP contribution in [0.15, 0.2) is 60.7 Å². The Kier molecular flexibility index (Phi) is 2.86. The Morgan fingerprint density at radius 2 is 1.82 bits per heavy atom. The summed E-state index contributed by atoms with van der Waals surface area (Å²) in [5.41, 5.74) is 9.46. The zero-order chi connectivity index (χ0) is 15.1. The minimum absolute atomic E-state index is 0.0559. The van der Waals surface area contributed by atoms with E-state index in [2.05, 4.69) is 0 Å². The van der Waals surface area contributed by atoms with E-state index in [-0.39, 0.29) is 5.91 Å². The number of nitrogen functional groups attached to an aromatic ring is 1. The summed E-state index contributed by atoms with van der Waals surface area (Å²) in [7, 11) is 0. The van der Waals surface area contributed by atoms with Crippen LogP contribution in [0.25, 0.3) is 10.8 Å². The fraction of sp³-hybridized carbons (Fsp3) is 0.105. The summed E-state index contributed by atoms with van der Waals surface area (Å²) in [6, 6.07) is 19.6. The van der Waals surface area contributed by atoms with Crippen LogP contribution < -0.4 is 10.6 Å². The largest absolute Gasteiger partial charge is 0.399 e. The summed E-state index contributed by atoms with van der Waals surface area (Å²) >= 11 is 0. The van der Waals surface area contributed by atoms with Crippen molar-refractivity contribution in [1.29, 1.82) is 0 Å². The maximum absolute atomic E-state index is 13.0. The van der Waals surface area contributed by atoms with Crippen molar-refractivity contribution >= 4 is 28.1 Å². The lowest BCUT2D eigenvalue weighted by atomic mass is 10.0. The average Bonchev–Trinajstić information content (AvgIpc) is 2.96. The number of nitrogens with zero attached hydrogens (tertiary/aromatic N) is 1. The molecule has 3 nitrogen and oxygen atoms in total.